The van der Waals surface area contributed by atoms with E-state index in [0.29, 0.717) is 22.7 Å². The second-order valence-electron chi connectivity index (χ2n) is 9.04. The van der Waals surface area contributed by atoms with Crippen molar-refractivity contribution in [3.05, 3.63) is 83.9 Å². The summed E-state index contributed by atoms with van der Waals surface area (Å²) >= 11 is 0. The lowest BCUT2D eigenvalue weighted by molar-refractivity contribution is -0.115. The molecule has 1 aliphatic rings. The third kappa shape index (κ3) is 7.11. The van der Waals surface area contributed by atoms with Crippen molar-refractivity contribution < 1.29 is 23.8 Å². The summed E-state index contributed by atoms with van der Waals surface area (Å²) in [6.07, 6.45) is 8.83. The Balaban J connectivity index is 1.36. The van der Waals surface area contributed by atoms with Crippen molar-refractivity contribution in [2.24, 2.45) is 0 Å². The second kappa shape index (κ2) is 12.8. The molecule has 1 amide bonds. The molecule has 1 saturated carbocycles. The van der Waals surface area contributed by atoms with E-state index in [4.69, 9.17) is 14.2 Å². The number of carbonyl (C=O) groups is 2. The van der Waals surface area contributed by atoms with Gasteiger partial charge in [-0.25, -0.2) is 4.79 Å². The predicted octanol–water partition coefficient (Wildman–Crippen LogP) is 6.94. The Hall–Kier alpha value is -3.80. The summed E-state index contributed by atoms with van der Waals surface area (Å²) in [7, 11) is 1.31. The van der Waals surface area contributed by atoms with E-state index >= 15 is 0 Å². The Morgan fingerprint density at radius 3 is 2.17 bits per heavy atom. The van der Waals surface area contributed by atoms with Crippen LogP contribution in [0.5, 0.6) is 17.2 Å². The lowest BCUT2D eigenvalue weighted by atomic mass is 9.98. The van der Waals surface area contributed by atoms with Crippen LogP contribution in [-0.4, -0.2) is 25.1 Å². The van der Waals surface area contributed by atoms with Gasteiger partial charge in [0.25, 0.3) is 0 Å². The van der Waals surface area contributed by atoms with Crippen LogP contribution in [0, 0.1) is 0 Å². The Morgan fingerprint density at radius 1 is 0.806 bits per heavy atom. The predicted molar refractivity (Wildman–Crippen MR) is 140 cm³/mol. The molecule has 36 heavy (non-hydrogen) atoms. The third-order valence-electron chi connectivity index (χ3n) is 6.32. The number of esters is 1. The number of nitrogens with one attached hydrogen (secondary N) is 1. The van der Waals surface area contributed by atoms with E-state index in [-0.39, 0.29) is 18.4 Å². The lowest BCUT2D eigenvalue weighted by Gasteiger charge is -2.22. The monoisotopic (exact) mass is 487 g/mol. The molecule has 3 aromatic carbocycles. The van der Waals surface area contributed by atoms with Gasteiger partial charge in [0, 0.05) is 0 Å². The molecule has 0 aromatic heterocycles. The molecule has 6 nitrogen and oxygen atoms in total. The maximum absolute atomic E-state index is 12.6. The summed E-state index contributed by atoms with van der Waals surface area (Å²) in [5, 5.41) is 2.80. The first-order valence-electron chi connectivity index (χ1n) is 12.6. The highest BCUT2D eigenvalue weighted by Gasteiger charge is 2.16. The number of hydrogen-bond acceptors (Lipinski definition) is 5. The molecule has 1 N–H and O–H groups in total. The molecule has 4 rings (SSSR count). The fourth-order valence-electron chi connectivity index (χ4n) is 4.41. The Kier molecular flexibility index (Phi) is 8.98. The van der Waals surface area contributed by atoms with Crippen molar-refractivity contribution in [3.63, 3.8) is 0 Å². The molecule has 0 spiro atoms. The fraction of sp³-hybridized carbons (Fsp3) is 0.333. The van der Waals surface area contributed by atoms with Gasteiger partial charge in [-0.3, -0.25) is 4.79 Å². The molecular weight excluding hydrogens is 454 g/mol. The van der Waals surface area contributed by atoms with E-state index in [1.165, 1.54) is 39.2 Å². The summed E-state index contributed by atoms with van der Waals surface area (Å²) in [6.45, 7) is 0. The van der Waals surface area contributed by atoms with Gasteiger partial charge in [-0.15, -0.1) is 0 Å². The van der Waals surface area contributed by atoms with Gasteiger partial charge in [0.15, 0.2) is 11.5 Å². The number of methoxy groups -OCH3 is 1. The molecule has 0 bridgehead atoms. The summed E-state index contributed by atoms with van der Waals surface area (Å²) < 4.78 is 17.3. The van der Waals surface area contributed by atoms with Crippen LogP contribution in [0.15, 0.2) is 72.8 Å². The highest BCUT2D eigenvalue weighted by atomic mass is 16.5. The van der Waals surface area contributed by atoms with Crippen molar-refractivity contribution in [1.29, 1.82) is 0 Å². The topological polar surface area (TPSA) is 73.9 Å². The van der Waals surface area contributed by atoms with Gasteiger partial charge in [0.1, 0.15) is 5.75 Å². The van der Waals surface area contributed by atoms with E-state index in [2.05, 4.69) is 5.32 Å². The summed E-state index contributed by atoms with van der Waals surface area (Å²) in [5.41, 5.74) is 1.57. The minimum Gasteiger partial charge on any atom is -0.487 e. The SMILES string of the molecule is COC(=O)c1ccccc1NC(=O)Cc1ccc(Oc2ccccc2OC2CCCCCCC2)cc1. The van der Waals surface area contributed by atoms with Crippen LogP contribution < -0.4 is 14.8 Å². The van der Waals surface area contributed by atoms with Crippen molar-refractivity contribution in [2.45, 2.75) is 57.5 Å². The van der Waals surface area contributed by atoms with Crippen LogP contribution >= 0.6 is 0 Å². The van der Waals surface area contributed by atoms with Gasteiger partial charge < -0.3 is 19.5 Å². The number of carbonyl (C=O) groups excluding carboxylic acids is 2. The second-order valence-corrected chi connectivity index (χ2v) is 9.04. The molecule has 0 saturated heterocycles. The number of rotatable bonds is 8. The van der Waals surface area contributed by atoms with Gasteiger partial charge in [-0.1, -0.05) is 55.7 Å². The fourth-order valence-corrected chi connectivity index (χ4v) is 4.41. The van der Waals surface area contributed by atoms with E-state index in [1.807, 2.05) is 48.5 Å². The normalized spacial score (nSPS) is 14.2. The number of ether oxygens (including phenoxy) is 3. The summed E-state index contributed by atoms with van der Waals surface area (Å²) in [5.74, 6) is 1.40. The van der Waals surface area contributed by atoms with Crippen LogP contribution in [0.3, 0.4) is 0 Å². The standard InChI is InChI=1S/C30H33NO5/c1-34-30(33)25-13-7-8-14-26(25)31-29(32)21-22-17-19-24(20-18-22)36-28-16-10-9-15-27(28)35-23-11-5-3-2-4-6-12-23/h7-10,13-20,23H,2-6,11-12,21H2,1H3,(H,31,32). The average Bonchev–Trinajstić information content (AvgIpc) is 2.87. The Morgan fingerprint density at radius 2 is 1.44 bits per heavy atom. The highest BCUT2D eigenvalue weighted by Crippen LogP contribution is 2.34. The molecule has 0 radical (unpaired) electrons. The van der Waals surface area contributed by atoms with Gasteiger partial charge in [-0.2, -0.15) is 0 Å². The van der Waals surface area contributed by atoms with Gasteiger partial charge in [0.05, 0.1) is 30.9 Å². The zero-order valence-electron chi connectivity index (χ0n) is 20.7. The average molecular weight is 488 g/mol. The molecule has 0 aliphatic heterocycles. The van der Waals surface area contributed by atoms with Gasteiger partial charge in [0.2, 0.25) is 5.91 Å². The van der Waals surface area contributed by atoms with Crippen LogP contribution in [0.2, 0.25) is 0 Å². The van der Waals surface area contributed by atoms with E-state index < -0.39 is 5.97 Å². The van der Waals surface area contributed by atoms with Crippen molar-refractivity contribution in [1.82, 2.24) is 0 Å². The van der Waals surface area contributed by atoms with Crippen molar-refractivity contribution in [3.8, 4) is 17.2 Å². The quantitative estimate of drug-likeness (QED) is 0.349. The summed E-state index contributed by atoms with van der Waals surface area (Å²) in [4.78, 5) is 24.5. The molecule has 0 atom stereocenters. The number of anilines is 1. The molecule has 0 unspecified atom stereocenters. The van der Waals surface area contributed by atoms with E-state index in [9.17, 15) is 9.59 Å². The Labute approximate surface area is 212 Å². The van der Waals surface area contributed by atoms with Crippen LogP contribution in [-0.2, 0) is 16.0 Å². The number of amides is 1. The van der Waals surface area contributed by atoms with Gasteiger partial charge >= 0.3 is 5.97 Å². The number of hydrogen-bond donors (Lipinski definition) is 1. The van der Waals surface area contributed by atoms with Crippen molar-refractivity contribution in [2.75, 3.05) is 12.4 Å². The first kappa shape index (κ1) is 25.3. The molecule has 1 fully saturated rings. The third-order valence-corrected chi connectivity index (χ3v) is 6.32. The zero-order chi connectivity index (χ0) is 25.2. The molecular formula is C30H33NO5. The van der Waals surface area contributed by atoms with Crippen molar-refractivity contribution >= 4 is 17.6 Å². The van der Waals surface area contributed by atoms with Crippen LogP contribution in [0.1, 0.15) is 60.9 Å². The zero-order valence-corrected chi connectivity index (χ0v) is 20.7. The molecule has 6 heteroatoms. The Bertz CT molecular complexity index is 1150. The van der Waals surface area contributed by atoms with Gasteiger partial charge in [-0.05, 0) is 67.6 Å². The molecule has 3 aromatic rings. The summed E-state index contributed by atoms with van der Waals surface area (Å²) in [6, 6.07) is 22.0. The minimum atomic E-state index is -0.494. The van der Waals surface area contributed by atoms with Crippen LogP contribution in [0.25, 0.3) is 0 Å². The van der Waals surface area contributed by atoms with E-state index in [0.717, 1.165) is 24.2 Å². The molecule has 0 heterocycles. The molecule has 188 valence electrons. The smallest absolute Gasteiger partial charge is 0.339 e. The maximum atomic E-state index is 12.6. The highest BCUT2D eigenvalue weighted by molar-refractivity contribution is 6.01. The largest absolute Gasteiger partial charge is 0.487 e. The first-order valence-corrected chi connectivity index (χ1v) is 12.6. The first-order chi connectivity index (χ1) is 17.6. The van der Waals surface area contributed by atoms with E-state index in [1.54, 1.807) is 24.3 Å². The number of benzene rings is 3. The minimum absolute atomic E-state index is 0.164. The molecule has 1 aliphatic carbocycles. The maximum Gasteiger partial charge on any atom is 0.339 e. The lowest BCUT2D eigenvalue weighted by Crippen LogP contribution is -2.18. The van der Waals surface area contributed by atoms with Crippen LogP contribution in [0.4, 0.5) is 5.69 Å². The number of para-hydroxylation sites is 3.